The Morgan fingerprint density at radius 2 is 1.92 bits per heavy atom. The molecular weight excluding hydrogens is 298 g/mol. The monoisotopic (exact) mass is 335 g/mol. The highest BCUT2D eigenvalue weighted by Crippen LogP contribution is 2.47. The smallest absolute Gasteiger partial charge is 0.168 e. The number of rotatable bonds is 8. The van der Waals surface area contributed by atoms with Crippen LogP contribution in [0.1, 0.15) is 72.1 Å². The fraction of sp³-hybridized carbons (Fsp3) is 0.905. The number of hydrogen-bond donors (Lipinski definition) is 0. The van der Waals surface area contributed by atoms with Crippen molar-refractivity contribution in [2.75, 3.05) is 19.7 Å². The van der Waals surface area contributed by atoms with Crippen LogP contribution in [0.4, 0.5) is 0 Å². The minimum Gasteiger partial charge on any atom is -0.347 e. The van der Waals surface area contributed by atoms with Crippen LogP contribution in [0.3, 0.4) is 0 Å². The fourth-order valence-corrected chi connectivity index (χ4v) is 4.49. The van der Waals surface area contributed by atoms with Gasteiger partial charge in [0.25, 0.3) is 0 Å². The van der Waals surface area contributed by atoms with E-state index in [1.165, 1.54) is 32.1 Å². The molecule has 0 bridgehead atoms. The highest BCUT2D eigenvalue weighted by atomic mass is 16.7. The van der Waals surface area contributed by atoms with E-state index in [9.17, 15) is 0 Å². The first-order valence-corrected chi connectivity index (χ1v) is 10.1. The summed E-state index contributed by atoms with van der Waals surface area (Å²) in [6.45, 7) is 14.0. The lowest BCUT2D eigenvalue weighted by Gasteiger charge is -2.42. The largest absolute Gasteiger partial charge is 0.347 e. The Morgan fingerprint density at radius 1 is 1.21 bits per heavy atom. The molecule has 0 aromatic carbocycles. The Hall–Kier alpha value is -0.380. The van der Waals surface area contributed by atoms with Gasteiger partial charge in [-0.15, -0.1) is 6.58 Å². The van der Waals surface area contributed by atoms with Crippen molar-refractivity contribution in [1.29, 1.82) is 0 Å². The second kappa shape index (κ2) is 7.47. The van der Waals surface area contributed by atoms with E-state index in [1.54, 1.807) is 0 Å². The second-order valence-corrected chi connectivity index (χ2v) is 8.88. The summed E-state index contributed by atoms with van der Waals surface area (Å²) in [5.74, 6) is 0.561. The topological polar surface area (TPSA) is 21.7 Å². The SMILES string of the molecule is C=CCN(CCC1COC2(CCC(C(C)(C)CC)CC2)O1)C1CC1. The molecule has 3 rings (SSSR count). The highest BCUT2D eigenvalue weighted by molar-refractivity contribution is 4.91. The normalized spacial score (nSPS) is 34.2. The van der Waals surface area contributed by atoms with Crippen molar-refractivity contribution in [2.45, 2.75) is 90.1 Å². The number of nitrogens with zero attached hydrogens (tertiary/aromatic N) is 1. The molecule has 3 aliphatic rings. The Kier molecular flexibility index (Phi) is 5.73. The maximum Gasteiger partial charge on any atom is 0.168 e. The standard InChI is InChI=1S/C21H37NO2/c1-5-14-22(18-7-8-18)15-11-19-16-23-21(24-19)12-9-17(10-13-21)20(3,4)6-2/h5,17-19H,1,6-16H2,2-4H3. The van der Waals surface area contributed by atoms with Crippen LogP contribution in [0.5, 0.6) is 0 Å². The van der Waals surface area contributed by atoms with Crippen LogP contribution < -0.4 is 0 Å². The van der Waals surface area contributed by atoms with E-state index in [0.717, 1.165) is 50.9 Å². The van der Waals surface area contributed by atoms with Gasteiger partial charge < -0.3 is 9.47 Å². The average molecular weight is 336 g/mol. The van der Waals surface area contributed by atoms with Gasteiger partial charge >= 0.3 is 0 Å². The van der Waals surface area contributed by atoms with Gasteiger partial charge in [-0.2, -0.15) is 0 Å². The Bertz CT molecular complexity index is 422. The second-order valence-electron chi connectivity index (χ2n) is 8.88. The maximum absolute atomic E-state index is 6.44. The highest BCUT2D eigenvalue weighted by Gasteiger charge is 2.46. The van der Waals surface area contributed by atoms with Crippen molar-refractivity contribution in [3.8, 4) is 0 Å². The summed E-state index contributed by atoms with van der Waals surface area (Å²) < 4.78 is 12.6. The molecule has 1 aliphatic heterocycles. The quantitative estimate of drug-likeness (QED) is 0.597. The van der Waals surface area contributed by atoms with E-state index in [-0.39, 0.29) is 11.9 Å². The van der Waals surface area contributed by atoms with Crippen molar-refractivity contribution < 1.29 is 9.47 Å². The van der Waals surface area contributed by atoms with Crippen LogP contribution in [0.2, 0.25) is 0 Å². The summed E-state index contributed by atoms with van der Waals surface area (Å²) in [6.07, 6.45) is 12.0. The van der Waals surface area contributed by atoms with E-state index in [4.69, 9.17) is 9.47 Å². The molecule has 1 heterocycles. The molecule has 1 spiro atoms. The predicted molar refractivity (Wildman–Crippen MR) is 99.0 cm³/mol. The van der Waals surface area contributed by atoms with Crippen molar-refractivity contribution >= 4 is 0 Å². The molecule has 2 aliphatic carbocycles. The van der Waals surface area contributed by atoms with Gasteiger partial charge in [-0.1, -0.05) is 33.3 Å². The average Bonchev–Trinajstić information content (AvgIpc) is 3.35. The lowest BCUT2D eigenvalue weighted by Crippen LogP contribution is -2.39. The van der Waals surface area contributed by atoms with Crippen LogP contribution in [0, 0.1) is 11.3 Å². The van der Waals surface area contributed by atoms with Crippen LogP contribution in [-0.4, -0.2) is 42.5 Å². The van der Waals surface area contributed by atoms with E-state index < -0.39 is 0 Å². The minimum atomic E-state index is -0.256. The summed E-state index contributed by atoms with van der Waals surface area (Å²) in [5, 5.41) is 0. The first-order valence-electron chi connectivity index (χ1n) is 10.1. The zero-order valence-electron chi connectivity index (χ0n) is 16.1. The Balaban J connectivity index is 1.44. The van der Waals surface area contributed by atoms with E-state index >= 15 is 0 Å². The third-order valence-corrected chi connectivity index (χ3v) is 6.84. The first kappa shape index (κ1) is 18.4. The number of hydrogen-bond acceptors (Lipinski definition) is 3. The van der Waals surface area contributed by atoms with Gasteiger partial charge in [-0.3, -0.25) is 4.90 Å². The molecule has 2 saturated carbocycles. The van der Waals surface area contributed by atoms with Crippen molar-refractivity contribution in [3.63, 3.8) is 0 Å². The van der Waals surface area contributed by atoms with Crippen molar-refractivity contribution in [1.82, 2.24) is 4.90 Å². The minimum absolute atomic E-state index is 0.256. The Morgan fingerprint density at radius 3 is 2.50 bits per heavy atom. The van der Waals surface area contributed by atoms with Gasteiger partial charge in [-0.05, 0) is 43.4 Å². The van der Waals surface area contributed by atoms with Crippen LogP contribution >= 0.6 is 0 Å². The summed E-state index contributed by atoms with van der Waals surface area (Å²) in [6, 6.07) is 0.797. The van der Waals surface area contributed by atoms with E-state index in [1.807, 2.05) is 6.08 Å². The molecular formula is C21H37NO2. The molecule has 0 N–H and O–H groups in total. The molecule has 1 atom stereocenters. The first-order chi connectivity index (χ1) is 11.5. The molecule has 24 heavy (non-hydrogen) atoms. The zero-order chi connectivity index (χ0) is 17.2. The molecule has 138 valence electrons. The van der Waals surface area contributed by atoms with Crippen molar-refractivity contribution in [3.05, 3.63) is 12.7 Å². The lowest BCUT2D eigenvalue weighted by molar-refractivity contribution is -0.197. The van der Waals surface area contributed by atoms with Gasteiger partial charge in [0, 0.05) is 32.0 Å². The zero-order valence-corrected chi connectivity index (χ0v) is 16.1. The Labute approximate surface area is 148 Å². The molecule has 0 radical (unpaired) electrons. The van der Waals surface area contributed by atoms with Crippen LogP contribution in [0.15, 0.2) is 12.7 Å². The molecule has 1 saturated heterocycles. The molecule has 3 nitrogen and oxygen atoms in total. The fourth-order valence-electron chi connectivity index (χ4n) is 4.49. The van der Waals surface area contributed by atoms with Crippen molar-refractivity contribution in [2.24, 2.45) is 11.3 Å². The molecule has 0 aromatic rings. The molecule has 0 aromatic heterocycles. The summed E-state index contributed by atoms with van der Waals surface area (Å²) in [4.78, 5) is 2.56. The van der Waals surface area contributed by atoms with Crippen LogP contribution in [-0.2, 0) is 9.47 Å². The van der Waals surface area contributed by atoms with E-state index in [2.05, 4.69) is 32.3 Å². The maximum atomic E-state index is 6.44. The van der Waals surface area contributed by atoms with Crippen LogP contribution in [0.25, 0.3) is 0 Å². The predicted octanol–water partition coefficient (Wildman–Crippen LogP) is 4.77. The van der Waals surface area contributed by atoms with Gasteiger partial charge in [0.2, 0.25) is 0 Å². The third-order valence-electron chi connectivity index (χ3n) is 6.84. The van der Waals surface area contributed by atoms with Gasteiger partial charge in [-0.25, -0.2) is 0 Å². The molecule has 0 amide bonds. The van der Waals surface area contributed by atoms with Gasteiger partial charge in [0.05, 0.1) is 12.7 Å². The molecule has 3 fully saturated rings. The summed E-state index contributed by atoms with van der Waals surface area (Å²) >= 11 is 0. The summed E-state index contributed by atoms with van der Waals surface area (Å²) in [5.41, 5.74) is 0.453. The van der Waals surface area contributed by atoms with E-state index in [0.29, 0.717) is 5.41 Å². The van der Waals surface area contributed by atoms with Gasteiger partial charge in [0.1, 0.15) is 0 Å². The number of ether oxygens (including phenoxy) is 2. The molecule has 3 heteroatoms. The van der Waals surface area contributed by atoms with Gasteiger partial charge in [0.15, 0.2) is 5.79 Å². The lowest BCUT2D eigenvalue weighted by atomic mass is 9.68. The third kappa shape index (κ3) is 4.23. The summed E-state index contributed by atoms with van der Waals surface area (Å²) in [7, 11) is 0. The molecule has 1 unspecified atom stereocenters.